The Labute approximate surface area is 167 Å². The predicted molar refractivity (Wildman–Crippen MR) is 107 cm³/mol. The molecule has 0 aliphatic carbocycles. The molecule has 0 saturated heterocycles. The zero-order valence-electron chi connectivity index (χ0n) is 15.7. The van der Waals surface area contributed by atoms with Gasteiger partial charge in [0.1, 0.15) is 11.5 Å². The molecule has 0 spiro atoms. The highest BCUT2D eigenvalue weighted by molar-refractivity contribution is 7.99. The smallest absolute Gasteiger partial charge is 0.234 e. The number of thioether (sulfide) groups is 1. The highest BCUT2D eigenvalue weighted by Crippen LogP contribution is 2.25. The van der Waals surface area contributed by atoms with Crippen molar-refractivity contribution in [1.82, 2.24) is 20.2 Å². The van der Waals surface area contributed by atoms with Gasteiger partial charge in [0.25, 0.3) is 0 Å². The van der Waals surface area contributed by atoms with E-state index in [1.54, 1.807) is 10.7 Å². The lowest BCUT2D eigenvalue weighted by Crippen LogP contribution is -2.15. The van der Waals surface area contributed by atoms with Crippen LogP contribution >= 0.6 is 11.8 Å². The molecule has 1 aromatic heterocycles. The first-order valence-electron chi connectivity index (χ1n) is 8.87. The third-order valence-corrected chi connectivity index (χ3v) is 4.55. The van der Waals surface area contributed by atoms with E-state index in [0.717, 1.165) is 11.4 Å². The number of hydrogen-bond acceptors (Lipinski definition) is 7. The van der Waals surface area contributed by atoms with Crippen molar-refractivity contribution < 1.29 is 14.3 Å². The summed E-state index contributed by atoms with van der Waals surface area (Å²) < 4.78 is 12.6. The molecular formula is C19H21N5O3S. The Hall–Kier alpha value is -3.07. The zero-order chi connectivity index (χ0) is 19.8. The van der Waals surface area contributed by atoms with Gasteiger partial charge in [0.15, 0.2) is 0 Å². The van der Waals surface area contributed by atoms with E-state index in [1.807, 2.05) is 56.3 Å². The number of rotatable bonds is 9. The summed E-state index contributed by atoms with van der Waals surface area (Å²) in [7, 11) is 0. The Balaban J connectivity index is 1.63. The maximum Gasteiger partial charge on any atom is 0.234 e. The molecule has 3 rings (SSSR count). The number of benzene rings is 2. The van der Waals surface area contributed by atoms with Crippen LogP contribution in [0.1, 0.15) is 13.8 Å². The molecule has 9 heteroatoms. The van der Waals surface area contributed by atoms with Crippen LogP contribution in [0.2, 0.25) is 0 Å². The molecule has 8 nitrogen and oxygen atoms in total. The molecule has 0 fully saturated rings. The Kier molecular flexibility index (Phi) is 6.85. The van der Waals surface area contributed by atoms with Crippen LogP contribution in [-0.2, 0) is 4.79 Å². The topological polar surface area (TPSA) is 91.2 Å². The van der Waals surface area contributed by atoms with Gasteiger partial charge in [-0.3, -0.25) is 4.79 Å². The Morgan fingerprint density at radius 3 is 2.57 bits per heavy atom. The summed E-state index contributed by atoms with van der Waals surface area (Å²) in [5.74, 6) is 1.42. The van der Waals surface area contributed by atoms with Crippen LogP contribution in [0.4, 0.5) is 5.69 Å². The van der Waals surface area contributed by atoms with Crippen molar-refractivity contribution in [3.05, 3.63) is 48.5 Å². The molecule has 0 aliphatic rings. The molecule has 28 heavy (non-hydrogen) atoms. The minimum atomic E-state index is -0.168. The summed E-state index contributed by atoms with van der Waals surface area (Å²) in [5, 5.41) is 15.1. The van der Waals surface area contributed by atoms with Gasteiger partial charge in [0.2, 0.25) is 11.1 Å². The van der Waals surface area contributed by atoms with E-state index in [2.05, 4.69) is 20.8 Å². The van der Waals surface area contributed by atoms with Crippen molar-refractivity contribution in [2.24, 2.45) is 0 Å². The monoisotopic (exact) mass is 399 g/mol. The van der Waals surface area contributed by atoms with Crippen molar-refractivity contribution in [3.8, 4) is 17.2 Å². The molecule has 2 aromatic carbocycles. The second kappa shape index (κ2) is 9.75. The number of para-hydroxylation sites is 2. The van der Waals surface area contributed by atoms with Gasteiger partial charge in [-0.1, -0.05) is 23.9 Å². The maximum absolute atomic E-state index is 12.3. The molecule has 146 valence electrons. The van der Waals surface area contributed by atoms with Crippen molar-refractivity contribution in [3.63, 3.8) is 0 Å². The Bertz CT molecular complexity index is 914. The fraction of sp³-hybridized carbons (Fsp3) is 0.263. The highest BCUT2D eigenvalue weighted by Gasteiger charge is 2.13. The molecule has 1 amide bonds. The number of tetrazole rings is 1. The van der Waals surface area contributed by atoms with E-state index in [1.165, 1.54) is 11.8 Å². The average molecular weight is 399 g/mol. The number of amides is 1. The highest BCUT2D eigenvalue weighted by atomic mass is 32.2. The standard InChI is InChI=1S/C19H21N5O3S/c1-3-26-15-11-9-14(10-12-15)24-19(21-22-23-24)28-13-18(25)20-16-7-5-6-8-17(16)27-4-2/h5-12H,3-4,13H2,1-2H3,(H,20,25). The quantitative estimate of drug-likeness (QED) is 0.553. The third kappa shape index (κ3) is 5.01. The molecule has 1 heterocycles. The first-order chi connectivity index (χ1) is 13.7. The van der Waals surface area contributed by atoms with Gasteiger partial charge in [-0.05, 0) is 60.7 Å². The summed E-state index contributed by atoms with van der Waals surface area (Å²) >= 11 is 1.25. The molecule has 0 aliphatic heterocycles. The molecule has 0 saturated carbocycles. The van der Waals surface area contributed by atoms with E-state index in [0.29, 0.717) is 29.8 Å². The minimum absolute atomic E-state index is 0.165. The van der Waals surface area contributed by atoms with Crippen molar-refractivity contribution in [2.45, 2.75) is 19.0 Å². The van der Waals surface area contributed by atoms with Crippen LogP contribution in [0.25, 0.3) is 5.69 Å². The number of carbonyl (C=O) groups excluding carboxylic acids is 1. The lowest BCUT2D eigenvalue weighted by Gasteiger charge is -2.11. The fourth-order valence-electron chi connectivity index (χ4n) is 2.45. The number of anilines is 1. The van der Waals surface area contributed by atoms with Crippen LogP contribution < -0.4 is 14.8 Å². The van der Waals surface area contributed by atoms with Gasteiger partial charge in [0, 0.05) is 0 Å². The molecule has 0 unspecified atom stereocenters. The zero-order valence-corrected chi connectivity index (χ0v) is 16.5. The lowest BCUT2D eigenvalue weighted by atomic mass is 10.3. The average Bonchev–Trinajstić information content (AvgIpc) is 3.18. The molecular weight excluding hydrogens is 378 g/mol. The number of carbonyl (C=O) groups is 1. The van der Waals surface area contributed by atoms with Crippen molar-refractivity contribution in [2.75, 3.05) is 24.3 Å². The number of nitrogens with one attached hydrogen (secondary N) is 1. The summed E-state index contributed by atoms with van der Waals surface area (Å²) in [5.41, 5.74) is 1.43. The molecule has 1 N–H and O–H groups in total. The molecule has 3 aromatic rings. The minimum Gasteiger partial charge on any atom is -0.494 e. The number of aromatic nitrogens is 4. The van der Waals surface area contributed by atoms with Crippen LogP contribution in [-0.4, -0.2) is 45.1 Å². The Morgan fingerprint density at radius 1 is 1.07 bits per heavy atom. The van der Waals surface area contributed by atoms with Crippen molar-refractivity contribution in [1.29, 1.82) is 0 Å². The van der Waals surface area contributed by atoms with Crippen LogP contribution in [0.5, 0.6) is 11.5 Å². The largest absolute Gasteiger partial charge is 0.494 e. The number of ether oxygens (including phenoxy) is 2. The first-order valence-corrected chi connectivity index (χ1v) is 9.86. The second-order valence-corrected chi connectivity index (χ2v) is 6.51. The summed E-state index contributed by atoms with van der Waals surface area (Å²) in [4.78, 5) is 12.3. The van der Waals surface area contributed by atoms with E-state index < -0.39 is 0 Å². The van der Waals surface area contributed by atoms with Gasteiger partial charge in [0.05, 0.1) is 30.3 Å². The van der Waals surface area contributed by atoms with Crippen LogP contribution in [0.15, 0.2) is 53.7 Å². The van der Waals surface area contributed by atoms with E-state index >= 15 is 0 Å². The van der Waals surface area contributed by atoms with Crippen LogP contribution in [0.3, 0.4) is 0 Å². The second-order valence-electron chi connectivity index (χ2n) is 5.57. The fourth-order valence-corrected chi connectivity index (χ4v) is 3.14. The molecule has 0 atom stereocenters. The van der Waals surface area contributed by atoms with Crippen molar-refractivity contribution >= 4 is 23.4 Å². The maximum atomic E-state index is 12.3. The number of nitrogens with zero attached hydrogens (tertiary/aromatic N) is 4. The van der Waals surface area contributed by atoms with E-state index in [4.69, 9.17) is 9.47 Å². The summed E-state index contributed by atoms with van der Waals surface area (Å²) in [6, 6.07) is 14.8. The molecule has 0 radical (unpaired) electrons. The first kappa shape index (κ1) is 19.7. The summed E-state index contributed by atoms with van der Waals surface area (Å²) in [6.45, 7) is 4.96. The lowest BCUT2D eigenvalue weighted by molar-refractivity contribution is -0.113. The Morgan fingerprint density at radius 2 is 1.82 bits per heavy atom. The van der Waals surface area contributed by atoms with Gasteiger partial charge < -0.3 is 14.8 Å². The van der Waals surface area contributed by atoms with Crippen LogP contribution in [0, 0.1) is 0 Å². The van der Waals surface area contributed by atoms with Gasteiger partial charge >= 0.3 is 0 Å². The van der Waals surface area contributed by atoms with Gasteiger partial charge in [-0.2, -0.15) is 4.68 Å². The van der Waals surface area contributed by atoms with Gasteiger partial charge in [-0.25, -0.2) is 0 Å². The summed E-state index contributed by atoms with van der Waals surface area (Å²) in [6.07, 6.45) is 0. The molecule has 0 bridgehead atoms. The van der Waals surface area contributed by atoms with E-state index in [9.17, 15) is 4.79 Å². The number of hydrogen-bond donors (Lipinski definition) is 1. The normalized spacial score (nSPS) is 10.5. The third-order valence-electron chi connectivity index (χ3n) is 3.63. The van der Waals surface area contributed by atoms with E-state index in [-0.39, 0.29) is 11.7 Å². The predicted octanol–water partition coefficient (Wildman–Crippen LogP) is 3.19. The SMILES string of the molecule is CCOc1ccc(-n2nnnc2SCC(=O)Nc2ccccc2OCC)cc1. The van der Waals surface area contributed by atoms with Gasteiger partial charge in [-0.15, -0.1) is 5.10 Å².